The van der Waals surface area contributed by atoms with Crippen molar-refractivity contribution in [1.82, 2.24) is 14.7 Å². The lowest BCUT2D eigenvalue weighted by Crippen LogP contribution is -2.43. The largest absolute Gasteiger partial charge is 0.485 e. The number of amides is 1. The third kappa shape index (κ3) is 4.61. The monoisotopic (exact) mass is 495 g/mol. The number of hydrogen-bond donors (Lipinski definition) is 2. The predicted octanol–water partition coefficient (Wildman–Crippen LogP) is 4.29. The number of rotatable bonds is 7. The smallest absolute Gasteiger partial charge is 0.222 e. The van der Waals surface area contributed by atoms with Crippen LogP contribution in [0.4, 0.5) is 5.69 Å². The van der Waals surface area contributed by atoms with Crippen LogP contribution in [0.15, 0.2) is 54.9 Å². The minimum absolute atomic E-state index is 0.109. The summed E-state index contributed by atoms with van der Waals surface area (Å²) in [6, 6.07) is 13.7. The molecule has 4 aromatic rings. The Kier molecular flexibility index (Phi) is 6.45. The van der Waals surface area contributed by atoms with Gasteiger partial charge >= 0.3 is 0 Å². The molecule has 0 bridgehead atoms. The third-order valence-electron chi connectivity index (χ3n) is 5.98. The maximum atomic E-state index is 11.8. The van der Waals surface area contributed by atoms with Crippen molar-refractivity contribution >= 4 is 40.2 Å². The maximum absolute atomic E-state index is 11.8. The molecule has 1 aliphatic rings. The van der Waals surface area contributed by atoms with Gasteiger partial charge in [-0.25, -0.2) is 4.98 Å². The minimum Gasteiger partial charge on any atom is -0.485 e. The number of imidazole rings is 1. The number of fused-ring (bicyclic) bond motifs is 1. The second kappa shape index (κ2) is 9.66. The second-order valence-electron chi connectivity index (χ2n) is 8.32. The summed E-state index contributed by atoms with van der Waals surface area (Å²) in [5.41, 5.74) is 9.40. The summed E-state index contributed by atoms with van der Waals surface area (Å²) >= 11 is 7.87. The predicted molar refractivity (Wildman–Crippen MR) is 137 cm³/mol. The molecule has 0 saturated carbocycles. The van der Waals surface area contributed by atoms with E-state index < -0.39 is 5.91 Å². The number of piperazine rings is 1. The van der Waals surface area contributed by atoms with Crippen LogP contribution in [0, 0.1) is 0 Å². The van der Waals surface area contributed by atoms with Crippen LogP contribution in [0.2, 0.25) is 5.02 Å². The quantitative estimate of drug-likeness (QED) is 0.399. The zero-order valence-corrected chi connectivity index (χ0v) is 20.4. The summed E-state index contributed by atoms with van der Waals surface area (Å²) in [5, 5.41) is 4.03. The van der Waals surface area contributed by atoms with Crippen LogP contribution >= 0.6 is 22.9 Å². The first-order valence-corrected chi connectivity index (χ1v) is 12.4. The van der Waals surface area contributed by atoms with Gasteiger partial charge in [0.25, 0.3) is 0 Å². The Morgan fingerprint density at radius 2 is 2.06 bits per heavy atom. The number of benzene rings is 1. The van der Waals surface area contributed by atoms with E-state index in [0.717, 1.165) is 58.5 Å². The zero-order chi connectivity index (χ0) is 23.7. The molecule has 7 nitrogen and oxygen atoms in total. The fourth-order valence-corrected chi connectivity index (χ4v) is 5.64. The summed E-state index contributed by atoms with van der Waals surface area (Å²) in [4.78, 5) is 20.5. The number of primary amides is 1. The summed E-state index contributed by atoms with van der Waals surface area (Å²) < 4.78 is 8.39. The Morgan fingerprint density at radius 1 is 1.26 bits per heavy atom. The highest BCUT2D eigenvalue weighted by Gasteiger charge is 2.20. The summed E-state index contributed by atoms with van der Waals surface area (Å²) in [6.45, 7) is 5.83. The molecule has 1 aromatic carbocycles. The van der Waals surface area contributed by atoms with Crippen LogP contribution in [0.1, 0.15) is 23.5 Å². The highest BCUT2D eigenvalue weighted by atomic mass is 35.5. The average molecular weight is 496 g/mol. The molecule has 1 aliphatic heterocycles. The molecule has 1 amide bonds. The molecule has 34 heavy (non-hydrogen) atoms. The van der Waals surface area contributed by atoms with Crippen molar-refractivity contribution in [3.63, 3.8) is 0 Å². The molecule has 0 radical (unpaired) electrons. The van der Waals surface area contributed by atoms with Crippen molar-refractivity contribution in [2.75, 3.05) is 31.1 Å². The number of halogens is 1. The standard InChI is InChI=1S/C25H26ClN5O2S/c1-16(18-4-2-3-5-19(18)26)33-21-12-22(34-23(21)13-24(27)32)20-14-29-25-7-6-17(15-31(20)25)30-10-8-28-9-11-30/h2-7,12,14-16,28H,8-11,13H2,1H3,(H2,27,32)/t16-/m1/s1. The van der Waals surface area contributed by atoms with Crippen molar-refractivity contribution in [3.8, 4) is 16.3 Å². The molecule has 0 unspecified atom stereocenters. The van der Waals surface area contributed by atoms with Crippen molar-refractivity contribution < 1.29 is 9.53 Å². The van der Waals surface area contributed by atoms with Crippen LogP contribution in [-0.4, -0.2) is 41.5 Å². The molecule has 9 heteroatoms. The number of nitrogens with two attached hydrogens (primary N) is 1. The number of ether oxygens (including phenoxy) is 1. The fraction of sp³-hybridized carbons (Fsp3) is 0.280. The lowest BCUT2D eigenvalue weighted by Gasteiger charge is -2.29. The van der Waals surface area contributed by atoms with Gasteiger partial charge in [-0.05, 0) is 25.1 Å². The Bertz CT molecular complexity index is 1330. The van der Waals surface area contributed by atoms with Crippen LogP contribution in [-0.2, 0) is 11.2 Å². The number of carbonyl (C=O) groups is 1. The third-order valence-corrected chi connectivity index (χ3v) is 7.46. The molecule has 176 valence electrons. The fourth-order valence-electron chi connectivity index (χ4n) is 4.24. The van der Waals surface area contributed by atoms with E-state index in [0.29, 0.717) is 10.8 Å². The van der Waals surface area contributed by atoms with E-state index in [9.17, 15) is 4.79 Å². The molecule has 3 aromatic heterocycles. The molecular weight excluding hydrogens is 470 g/mol. The number of thiophene rings is 1. The van der Waals surface area contributed by atoms with Gasteiger partial charge < -0.3 is 20.7 Å². The average Bonchev–Trinajstić information content (AvgIpc) is 3.43. The van der Waals surface area contributed by atoms with Gasteiger partial charge in [-0.3, -0.25) is 9.20 Å². The number of carbonyl (C=O) groups excluding carboxylic acids is 1. The second-order valence-corrected chi connectivity index (χ2v) is 9.86. The number of nitrogens with one attached hydrogen (secondary N) is 1. The van der Waals surface area contributed by atoms with Crippen LogP contribution in [0.5, 0.6) is 5.75 Å². The van der Waals surface area contributed by atoms with Crippen LogP contribution in [0.3, 0.4) is 0 Å². The summed E-state index contributed by atoms with van der Waals surface area (Å²) in [7, 11) is 0. The normalized spacial score (nSPS) is 14.9. The Hall–Kier alpha value is -3.07. The summed E-state index contributed by atoms with van der Waals surface area (Å²) in [5.74, 6) is 0.238. The number of aromatic nitrogens is 2. The molecular formula is C25H26ClN5O2S. The molecule has 1 fully saturated rings. The SMILES string of the molecule is C[C@@H](Oc1cc(-c2cnc3ccc(N4CCNCC4)cn23)sc1CC(N)=O)c1ccccc1Cl. The lowest BCUT2D eigenvalue weighted by atomic mass is 10.1. The Labute approximate surface area is 207 Å². The van der Waals surface area contributed by atoms with E-state index in [1.54, 1.807) is 0 Å². The first-order chi connectivity index (χ1) is 16.5. The highest BCUT2D eigenvalue weighted by molar-refractivity contribution is 7.15. The van der Waals surface area contributed by atoms with E-state index in [4.69, 9.17) is 22.1 Å². The maximum Gasteiger partial charge on any atom is 0.222 e. The van der Waals surface area contributed by atoms with Gasteiger partial charge in [0.15, 0.2) is 0 Å². The van der Waals surface area contributed by atoms with E-state index in [1.807, 2.05) is 49.5 Å². The number of pyridine rings is 1. The van der Waals surface area contributed by atoms with Gasteiger partial charge in [0.2, 0.25) is 5.91 Å². The van der Waals surface area contributed by atoms with Crippen molar-refractivity contribution in [2.24, 2.45) is 5.73 Å². The minimum atomic E-state index is -0.400. The van der Waals surface area contributed by atoms with Gasteiger partial charge in [-0.2, -0.15) is 0 Å². The first-order valence-electron chi connectivity index (χ1n) is 11.2. The van der Waals surface area contributed by atoms with Gasteiger partial charge in [0.1, 0.15) is 17.5 Å². The van der Waals surface area contributed by atoms with E-state index in [2.05, 4.69) is 31.9 Å². The van der Waals surface area contributed by atoms with E-state index in [1.165, 1.54) is 11.3 Å². The molecule has 0 spiro atoms. The van der Waals surface area contributed by atoms with Gasteiger partial charge in [-0.15, -0.1) is 11.3 Å². The molecule has 1 atom stereocenters. The highest BCUT2D eigenvalue weighted by Crippen LogP contribution is 2.39. The molecule has 3 N–H and O–H groups in total. The molecule has 1 saturated heterocycles. The molecule has 4 heterocycles. The van der Waals surface area contributed by atoms with Gasteiger partial charge in [-0.1, -0.05) is 29.8 Å². The molecule has 0 aliphatic carbocycles. The Morgan fingerprint density at radius 3 is 2.82 bits per heavy atom. The number of hydrogen-bond acceptors (Lipinski definition) is 6. The van der Waals surface area contributed by atoms with Gasteiger partial charge in [0, 0.05) is 49.0 Å². The lowest BCUT2D eigenvalue weighted by molar-refractivity contribution is -0.117. The van der Waals surface area contributed by atoms with Crippen molar-refractivity contribution in [3.05, 3.63) is 70.3 Å². The van der Waals surface area contributed by atoms with Crippen LogP contribution < -0.4 is 20.7 Å². The zero-order valence-electron chi connectivity index (χ0n) is 18.8. The molecule has 5 rings (SSSR count). The topological polar surface area (TPSA) is 84.9 Å². The number of nitrogens with zero attached hydrogens (tertiary/aromatic N) is 3. The number of anilines is 1. The van der Waals surface area contributed by atoms with Crippen molar-refractivity contribution in [2.45, 2.75) is 19.4 Å². The van der Waals surface area contributed by atoms with E-state index >= 15 is 0 Å². The van der Waals surface area contributed by atoms with E-state index in [-0.39, 0.29) is 12.5 Å². The summed E-state index contributed by atoms with van der Waals surface area (Å²) in [6.07, 6.45) is 3.81. The van der Waals surface area contributed by atoms with Gasteiger partial charge in [0.05, 0.1) is 33.8 Å². The van der Waals surface area contributed by atoms with Crippen LogP contribution in [0.25, 0.3) is 16.2 Å². The first kappa shape index (κ1) is 22.7. The van der Waals surface area contributed by atoms with Crippen molar-refractivity contribution in [1.29, 1.82) is 0 Å². The Balaban J connectivity index is 1.50.